The minimum Gasteiger partial charge on any atom is -0.742 e. The topological polar surface area (TPSA) is 121 Å². The number of carbonyl (C=O) groups is 1. The Balaban J connectivity index is 0.00000480. The van der Waals surface area contributed by atoms with Crippen molar-refractivity contribution in [2.24, 2.45) is 10.5 Å². The summed E-state index contributed by atoms with van der Waals surface area (Å²) in [5.74, 6) is 0.0616. The second kappa shape index (κ2) is 10.8. The number of hydrogen-bond acceptors (Lipinski definition) is 7. The van der Waals surface area contributed by atoms with Crippen LogP contribution in [0.15, 0.2) is 51.0 Å². The summed E-state index contributed by atoms with van der Waals surface area (Å²) in [5, 5.41) is 2.92. The van der Waals surface area contributed by atoms with Crippen LogP contribution in [-0.4, -0.2) is 31.7 Å². The maximum Gasteiger partial charge on any atom is 1.00 e. The van der Waals surface area contributed by atoms with E-state index < -0.39 is 21.1 Å². The fourth-order valence-corrected chi connectivity index (χ4v) is 3.75. The van der Waals surface area contributed by atoms with Crippen LogP contribution in [0, 0.1) is 5.41 Å². The summed E-state index contributed by atoms with van der Waals surface area (Å²) in [4.78, 5) is 11.8. The van der Waals surface area contributed by atoms with Gasteiger partial charge in [0.05, 0.1) is 6.21 Å². The Bertz CT molecular complexity index is 1010. The third-order valence-corrected chi connectivity index (χ3v) is 4.92. The molecule has 1 aromatic carbocycles. The van der Waals surface area contributed by atoms with Crippen molar-refractivity contribution >= 4 is 22.2 Å². The van der Waals surface area contributed by atoms with E-state index in [4.69, 9.17) is 9.15 Å². The van der Waals surface area contributed by atoms with Gasteiger partial charge in [0.15, 0.2) is 16.7 Å². The standard InChI is InChI=1S/C21H28N2O6S.Na/c1-20(2,3)14-21(4,5)15-6-8-16(9-7-15)28-13-18(24)23-22-12-17-10-11-19(29-17)30(25,26)27;/h6-12H,13-14H2,1-5H3,(H,23,24)(H,25,26,27);/q;+1/p-1/b22-12+;. The van der Waals surface area contributed by atoms with Crippen molar-refractivity contribution in [3.05, 3.63) is 47.7 Å². The van der Waals surface area contributed by atoms with Crippen molar-refractivity contribution in [2.45, 2.75) is 51.5 Å². The number of carbonyl (C=O) groups excluding carboxylic acids is 1. The van der Waals surface area contributed by atoms with Crippen LogP contribution in [0.3, 0.4) is 0 Å². The summed E-state index contributed by atoms with van der Waals surface area (Å²) in [6.07, 6.45) is 2.11. The molecule has 0 spiro atoms. The Hall–Kier alpha value is -1.65. The molecule has 1 amide bonds. The van der Waals surface area contributed by atoms with Gasteiger partial charge in [-0.05, 0) is 47.1 Å². The van der Waals surface area contributed by atoms with Crippen LogP contribution in [0.2, 0.25) is 0 Å². The Morgan fingerprint density at radius 2 is 1.74 bits per heavy atom. The Morgan fingerprint density at radius 3 is 2.26 bits per heavy atom. The van der Waals surface area contributed by atoms with Gasteiger partial charge in [-0.25, -0.2) is 13.8 Å². The molecule has 31 heavy (non-hydrogen) atoms. The first kappa shape index (κ1) is 27.4. The molecule has 0 unspecified atom stereocenters. The average molecular weight is 459 g/mol. The third-order valence-electron chi connectivity index (χ3n) is 4.21. The smallest absolute Gasteiger partial charge is 0.742 e. The predicted molar refractivity (Wildman–Crippen MR) is 111 cm³/mol. The van der Waals surface area contributed by atoms with Crippen LogP contribution < -0.4 is 39.7 Å². The van der Waals surface area contributed by atoms with Gasteiger partial charge in [-0.3, -0.25) is 4.79 Å². The molecule has 0 saturated carbocycles. The minimum absolute atomic E-state index is 0. The summed E-state index contributed by atoms with van der Waals surface area (Å²) in [7, 11) is -4.67. The normalized spacial score (nSPS) is 12.5. The molecule has 1 N–H and O–H groups in total. The number of benzene rings is 1. The summed E-state index contributed by atoms with van der Waals surface area (Å²) < 4.78 is 42.7. The number of nitrogens with zero attached hydrogens (tertiary/aromatic N) is 1. The van der Waals surface area contributed by atoms with E-state index in [0.717, 1.165) is 18.7 Å². The van der Waals surface area contributed by atoms with Crippen LogP contribution in [0.1, 0.15) is 52.4 Å². The molecule has 2 aromatic rings. The molecule has 1 aromatic heterocycles. The maximum absolute atomic E-state index is 11.8. The van der Waals surface area contributed by atoms with E-state index in [0.29, 0.717) is 5.75 Å². The van der Waals surface area contributed by atoms with Crippen LogP contribution >= 0.6 is 0 Å². The van der Waals surface area contributed by atoms with Crippen LogP contribution in [0.25, 0.3) is 0 Å². The predicted octanol–water partition coefficient (Wildman–Crippen LogP) is 0.431. The molecule has 0 saturated heterocycles. The first-order chi connectivity index (χ1) is 13.8. The maximum atomic E-state index is 11.8. The molecule has 0 aliphatic heterocycles. The van der Waals surface area contributed by atoms with Crippen molar-refractivity contribution in [2.75, 3.05) is 6.61 Å². The zero-order chi connectivity index (χ0) is 22.6. The molecule has 10 heteroatoms. The second-order valence-electron chi connectivity index (χ2n) is 8.84. The third kappa shape index (κ3) is 9.16. The SMILES string of the molecule is CC(C)(C)CC(C)(C)c1ccc(OCC(=O)N/N=C/c2ccc(S(=O)(=O)[O-])o2)cc1.[Na+]. The monoisotopic (exact) mass is 458 g/mol. The summed E-state index contributed by atoms with van der Waals surface area (Å²) >= 11 is 0. The van der Waals surface area contributed by atoms with E-state index in [2.05, 4.69) is 45.1 Å². The molecule has 2 rings (SSSR count). The van der Waals surface area contributed by atoms with E-state index in [-0.39, 0.29) is 52.8 Å². The number of furan rings is 1. The molecular formula is C21H27N2NaO6S. The fourth-order valence-electron chi connectivity index (χ4n) is 3.32. The summed E-state index contributed by atoms with van der Waals surface area (Å²) in [6.45, 7) is 10.8. The molecule has 0 fully saturated rings. The van der Waals surface area contributed by atoms with Gasteiger partial charge in [0.25, 0.3) is 5.91 Å². The number of amides is 1. The van der Waals surface area contributed by atoms with Crippen LogP contribution in [0.4, 0.5) is 0 Å². The second-order valence-corrected chi connectivity index (χ2v) is 10.1. The van der Waals surface area contributed by atoms with E-state index >= 15 is 0 Å². The number of ether oxygens (including phenoxy) is 1. The Kier molecular flexibility index (Phi) is 9.52. The van der Waals surface area contributed by atoms with E-state index in [9.17, 15) is 17.8 Å². The van der Waals surface area contributed by atoms with Crippen molar-refractivity contribution in [3.63, 3.8) is 0 Å². The number of hydrogen-bond donors (Lipinski definition) is 1. The van der Waals surface area contributed by atoms with Crippen LogP contribution in [-0.2, 0) is 20.3 Å². The Morgan fingerprint density at radius 1 is 1.13 bits per heavy atom. The molecule has 0 bridgehead atoms. The zero-order valence-corrected chi connectivity index (χ0v) is 21.6. The number of nitrogens with one attached hydrogen (secondary N) is 1. The van der Waals surface area contributed by atoms with Gasteiger partial charge in [0, 0.05) is 0 Å². The van der Waals surface area contributed by atoms with E-state index in [1.807, 2.05) is 24.3 Å². The van der Waals surface area contributed by atoms with Crippen molar-refractivity contribution in [3.8, 4) is 5.75 Å². The van der Waals surface area contributed by atoms with Gasteiger partial charge in [-0.15, -0.1) is 0 Å². The van der Waals surface area contributed by atoms with Crippen molar-refractivity contribution in [1.82, 2.24) is 5.43 Å². The molecule has 1 heterocycles. The van der Waals surface area contributed by atoms with Crippen molar-refractivity contribution < 1.29 is 56.5 Å². The summed E-state index contributed by atoms with van der Waals surface area (Å²) in [6, 6.07) is 9.90. The molecule has 164 valence electrons. The minimum atomic E-state index is -4.67. The Labute approximate surface area is 205 Å². The van der Waals surface area contributed by atoms with E-state index in [1.54, 1.807) is 0 Å². The van der Waals surface area contributed by atoms with Crippen LogP contribution in [0.5, 0.6) is 5.75 Å². The van der Waals surface area contributed by atoms with E-state index in [1.165, 1.54) is 11.6 Å². The molecule has 8 nitrogen and oxygen atoms in total. The first-order valence-corrected chi connectivity index (χ1v) is 10.8. The molecule has 0 atom stereocenters. The number of hydrazone groups is 1. The van der Waals surface area contributed by atoms with Gasteiger partial charge < -0.3 is 13.7 Å². The van der Waals surface area contributed by atoms with Gasteiger partial charge in [-0.2, -0.15) is 5.10 Å². The van der Waals surface area contributed by atoms with Gasteiger partial charge in [0.1, 0.15) is 11.5 Å². The largest absolute Gasteiger partial charge is 1.00 e. The molecule has 0 aliphatic carbocycles. The van der Waals surface area contributed by atoms with Crippen molar-refractivity contribution in [1.29, 1.82) is 0 Å². The molecular weight excluding hydrogens is 431 g/mol. The van der Waals surface area contributed by atoms with Gasteiger partial charge in [0.2, 0.25) is 5.09 Å². The number of rotatable bonds is 8. The zero-order valence-electron chi connectivity index (χ0n) is 18.8. The quantitative estimate of drug-likeness (QED) is 0.265. The molecule has 0 aliphatic rings. The van der Waals surface area contributed by atoms with Gasteiger partial charge >= 0.3 is 29.6 Å². The molecule has 0 radical (unpaired) electrons. The fraction of sp³-hybridized carbons (Fsp3) is 0.429. The van der Waals surface area contributed by atoms with Gasteiger partial charge in [-0.1, -0.05) is 46.8 Å². The average Bonchev–Trinajstić information content (AvgIpc) is 3.07. The summed E-state index contributed by atoms with van der Waals surface area (Å²) in [5.41, 5.74) is 3.64. The first-order valence-electron chi connectivity index (χ1n) is 9.37.